The molecule has 0 saturated carbocycles. The van der Waals surface area contributed by atoms with Gasteiger partial charge in [0, 0.05) is 23.1 Å². The Morgan fingerprint density at radius 3 is 2.75 bits per heavy atom. The fourth-order valence-electron chi connectivity index (χ4n) is 2.30. The molecule has 0 saturated heterocycles. The molecule has 3 aromatic rings. The molecule has 0 spiro atoms. The number of ether oxygens (including phenoxy) is 1. The van der Waals surface area contributed by atoms with E-state index in [0.29, 0.717) is 21.3 Å². The monoisotopic (exact) mass is 417 g/mol. The largest absolute Gasteiger partial charge is 0.448 e. The number of nitro benzene ring substituents is 1. The predicted octanol–water partition coefficient (Wildman–Crippen LogP) is 4.27. The number of carbonyl (C=O) groups excluding carboxylic acids is 2. The SMILES string of the molecule is Cc1ccsc1C(=O)OC(C)C(=O)Nc1nc(-c2cccc([N+](=O)[O-])c2)cs1. The second kappa shape index (κ2) is 8.28. The summed E-state index contributed by atoms with van der Waals surface area (Å²) in [6.45, 7) is 3.27. The van der Waals surface area contributed by atoms with E-state index in [-0.39, 0.29) is 5.69 Å². The first kappa shape index (κ1) is 19.6. The van der Waals surface area contributed by atoms with Crippen molar-refractivity contribution in [2.45, 2.75) is 20.0 Å². The molecule has 144 valence electrons. The van der Waals surface area contributed by atoms with Crippen molar-refractivity contribution in [1.82, 2.24) is 4.98 Å². The third-order valence-electron chi connectivity index (χ3n) is 3.79. The highest BCUT2D eigenvalue weighted by Crippen LogP contribution is 2.27. The number of rotatable bonds is 6. The third-order valence-corrected chi connectivity index (χ3v) is 5.54. The molecular formula is C18H15N3O5S2. The summed E-state index contributed by atoms with van der Waals surface area (Å²) in [7, 11) is 0. The molecule has 0 radical (unpaired) electrons. The lowest BCUT2D eigenvalue weighted by Gasteiger charge is -2.12. The molecule has 1 amide bonds. The van der Waals surface area contributed by atoms with Gasteiger partial charge in [-0.15, -0.1) is 22.7 Å². The fourth-order valence-corrected chi connectivity index (χ4v) is 3.83. The first-order chi connectivity index (χ1) is 13.3. The Balaban J connectivity index is 1.65. The number of aromatic nitrogens is 1. The number of benzene rings is 1. The molecule has 1 aromatic carbocycles. The highest BCUT2D eigenvalue weighted by molar-refractivity contribution is 7.14. The number of hydrogen-bond acceptors (Lipinski definition) is 8. The molecule has 8 nitrogen and oxygen atoms in total. The Morgan fingerprint density at radius 2 is 2.07 bits per heavy atom. The number of non-ortho nitro benzene ring substituents is 1. The molecular weight excluding hydrogens is 402 g/mol. The lowest BCUT2D eigenvalue weighted by Crippen LogP contribution is -2.29. The number of nitro groups is 1. The zero-order valence-corrected chi connectivity index (χ0v) is 16.5. The molecule has 0 bridgehead atoms. The number of nitrogens with zero attached hydrogens (tertiary/aromatic N) is 2. The van der Waals surface area contributed by atoms with Gasteiger partial charge < -0.3 is 4.74 Å². The summed E-state index contributed by atoms with van der Waals surface area (Å²) in [5, 5.41) is 17.3. The maximum Gasteiger partial charge on any atom is 0.349 e. The van der Waals surface area contributed by atoms with Gasteiger partial charge in [0.2, 0.25) is 0 Å². The molecule has 0 aliphatic carbocycles. The second-order valence-electron chi connectivity index (χ2n) is 5.81. The Labute approximate surface area is 168 Å². The smallest absolute Gasteiger partial charge is 0.349 e. The molecule has 10 heteroatoms. The van der Waals surface area contributed by atoms with E-state index in [2.05, 4.69) is 10.3 Å². The molecule has 28 heavy (non-hydrogen) atoms. The molecule has 1 unspecified atom stereocenters. The minimum absolute atomic E-state index is 0.0412. The van der Waals surface area contributed by atoms with Gasteiger partial charge in [-0.05, 0) is 30.9 Å². The molecule has 1 atom stereocenters. The van der Waals surface area contributed by atoms with Crippen LogP contribution in [0, 0.1) is 17.0 Å². The van der Waals surface area contributed by atoms with Crippen LogP contribution in [0.15, 0.2) is 41.1 Å². The maximum atomic E-state index is 12.3. The van der Waals surface area contributed by atoms with Crippen molar-refractivity contribution in [2.75, 3.05) is 5.32 Å². The van der Waals surface area contributed by atoms with Gasteiger partial charge in [-0.25, -0.2) is 9.78 Å². The summed E-state index contributed by atoms with van der Waals surface area (Å²) in [4.78, 5) is 39.5. The molecule has 0 aliphatic rings. The van der Waals surface area contributed by atoms with E-state index in [9.17, 15) is 19.7 Å². The normalized spacial score (nSPS) is 11.6. The van der Waals surface area contributed by atoms with Crippen LogP contribution in [0.25, 0.3) is 11.3 Å². The van der Waals surface area contributed by atoms with Gasteiger partial charge in [-0.1, -0.05) is 12.1 Å². The number of amides is 1. The zero-order valence-electron chi connectivity index (χ0n) is 14.9. The van der Waals surface area contributed by atoms with E-state index in [1.165, 1.54) is 41.7 Å². The number of anilines is 1. The predicted molar refractivity (Wildman–Crippen MR) is 107 cm³/mol. The van der Waals surface area contributed by atoms with Crippen molar-refractivity contribution < 1.29 is 19.2 Å². The fraction of sp³-hybridized carbons (Fsp3) is 0.167. The highest BCUT2D eigenvalue weighted by Gasteiger charge is 2.22. The summed E-state index contributed by atoms with van der Waals surface area (Å²) in [5.41, 5.74) is 1.83. The quantitative estimate of drug-likeness (QED) is 0.364. The number of hydrogen-bond donors (Lipinski definition) is 1. The standard InChI is InChI=1S/C18H15N3O5S2/c1-10-6-7-27-15(10)17(23)26-11(2)16(22)20-18-19-14(9-28-18)12-4-3-5-13(8-12)21(24)25/h3-9,11H,1-2H3,(H,19,20,22). The van der Waals surface area contributed by atoms with Crippen LogP contribution in [0.2, 0.25) is 0 Å². The van der Waals surface area contributed by atoms with Crippen molar-refractivity contribution in [3.05, 3.63) is 61.6 Å². The third kappa shape index (κ3) is 4.41. The summed E-state index contributed by atoms with van der Waals surface area (Å²) in [5.74, 6) is -1.06. The molecule has 0 fully saturated rings. The van der Waals surface area contributed by atoms with Crippen LogP contribution in [0.3, 0.4) is 0 Å². The van der Waals surface area contributed by atoms with Gasteiger partial charge in [-0.2, -0.15) is 0 Å². The number of thiazole rings is 1. The van der Waals surface area contributed by atoms with Gasteiger partial charge in [0.05, 0.1) is 10.6 Å². The van der Waals surface area contributed by atoms with E-state index in [1.807, 2.05) is 0 Å². The van der Waals surface area contributed by atoms with Gasteiger partial charge in [-0.3, -0.25) is 20.2 Å². The van der Waals surface area contributed by atoms with E-state index in [0.717, 1.165) is 5.56 Å². The van der Waals surface area contributed by atoms with Crippen molar-refractivity contribution in [3.8, 4) is 11.3 Å². The number of thiophene rings is 1. The number of nitrogens with one attached hydrogen (secondary N) is 1. The molecule has 0 aliphatic heterocycles. The Hall–Kier alpha value is -3.11. The average Bonchev–Trinajstić information content (AvgIpc) is 3.30. The zero-order chi connectivity index (χ0) is 20.3. The summed E-state index contributed by atoms with van der Waals surface area (Å²) >= 11 is 2.43. The van der Waals surface area contributed by atoms with E-state index >= 15 is 0 Å². The first-order valence-corrected chi connectivity index (χ1v) is 9.87. The van der Waals surface area contributed by atoms with Crippen LogP contribution in [0.4, 0.5) is 10.8 Å². The lowest BCUT2D eigenvalue weighted by atomic mass is 10.1. The number of esters is 1. The van der Waals surface area contributed by atoms with Gasteiger partial charge in [0.25, 0.3) is 11.6 Å². The van der Waals surface area contributed by atoms with Crippen LogP contribution < -0.4 is 5.32 Å². The van der Waals surface area contributed by atoms with Crippen LogP contribution >= 0.6 is 22.7 Å². The Morgan fingerprint density at radius 1 is 1.29 bits per heavy atom. The Kier molecular flexibility index (Phi) is 5.81. The lowest BCUT2D eigenvalue weighted by molar-refractivity contribution is -0.384. The summed E-state index contributed by atoms with van der Waals surface area (Å²) in [6, 6.07) is 7.87. The molecule has 1 N–H and O–H groups in total. The van der Waals surface area contributed by atoms with Crippen molar-refractivity contribution in [1.29, 1.82) is 0 Å². The highest BCUT2D eigenvalue weighted by atomic mass is 32.1. The van der Waals surface area contributed by atoms with E-state index in [4.69, 9.17) is 4.74 Å². The number of carbonyl (C=O) groups is 2. The van der Waals surface area contributed by atoms with Crippen LogP contribution in [0.5, 0.6) is 0 Å². The first-order valence-electron chi connectivity index (χ1n) is 8.11. The van der Waals surface area contributed by atoms with Gasteiger partial charge in [0.15, 0.2) is 11.2 Å². The molecule has 2 heterocycles. The van der Waals surface area contributed by atoms with Crippen molar-refractivity contribution >= 4 is 45.4 Å². The minimum atomic E-state index is -1.00. The van der Waals surface area contributed by atoms with Gasteiger partial charge >= 0.3 is 5.97 Å². The van der Waals surface area contributed by atoms with Crippen LogP contribution in [-0.4, -0.2) is 27.9 Å². The maximum absolute atomic E-state index is 12.3. The van der Waals surface area contributed by atoms with Crippen LogP contribution in [0.1, 0.15) is 22.2 Å². The second-order valence-corrected chi connectivity index (χ2v) is 7.59. The molecule has 2 aromatic heterocycles. The minimum Gasteiger partial charge on any atom is -0.448 e. The van der Waals surface area contributed by atoms with Crippen molar-refractivity contribution in [2.24, 2.45) is 0 Å². The van der Waals surface area contributed by atoms with Crippen LogP contribution in [-0.2, 0) is 9.53 Å². The average molecular weight is 417 g/mol. The van der Waals surface area contributed by atoms with E-state index < -0.39 is 22.9 Å². The van der Waals surface area contributed by atoms with Crippen molar-refractivity contribution in [3.63, 3.8) is 0 Å². The Bertz CT molecular complexity index is 1040. The topological polar surface area (TPSA) is 111 Å². The van der Waals surface area contributed by atoms with E-state index in [1.54, 1.807) is 35.9 Å². The summed E-state index contributed by atoms with van der Waals surface area (Å²) < 4.78 is 5.20. The van der Waals surface area contributed by atoms with Gasteiger partial charge in [0.1, 0.15) is 4.88 Å². The number of aryl methyl sites for hydroxylation is 1. The summed E-state index contributed by atoms with van der Waals surface area (Å²) in [6.07, 6.45) is -1.00. The molecule has 3 rings (SSSR count).